The maximum absolute atomic E-state index is 11.9. The smallest absolute Gasteiger partial charge is 0.211 e. The Balaban J connectivity index is 1.76. The predicted molar refractivity (Wildman–Crippen MR) is 77.5 cm³/mol. The number of likely N-dealkylation sites (tertiary alicyclic amines) is 1. The van der Waals surface area contributed by atoms with Gasteiger partial charge >= 0.3 is 0 Å². The van der Waals surface area contributed by atoms with E-state index in [4.69, 9.17) is 0 Å². The molecule has 0 saturated carbocycles. The fourth-order valence-corrected chi connectivity index (χ4v) is 3.55. The zero-order valence-electron chi connectivity index (χ0n) is 11.4. The van der Waals surface area contributed by atoms with Gasteiger partial charge in [-0.1, -0.05) is 30.3 Å². The van der Waals surface area contributed by atoms with Gasteiger partial charge in [-0.05, 0) is 37.9 Å². The van der Waals surface area contributed by atoms with Gasteiger partial charge in [0.15, 0.2) is 0 Å². The van der Waals surface area contributed by atoms with Crippen LogP contribution in [0, 0.1) is 5.92 Å². The fraction of sp³-hybridized carbons (Fsp3) is 0.571. The number of sulfonamides is 1. The first kappa shape index (κ1) is 14.5. The van der Waals surface area contributed by atoms with E-state index >= 15 is 0 Å². The molecule has 0 bridgehead atoms. The summed E-state index contributed by atoms with van der Waals surface area (Å²) in [6, 6.07) is 9.73. The van der Waals surface area contributed by atoms with Crippen LogP contribution < -0.4 is 4.72 Å². The van der Waals surface area contributed by atoms with Crippen molar-refractivity contribution >= 4 is 10.0 Å². The molecule has 2 rings (SSSR count). The summed E-state index contributed by atoms with van der Waals surface area (Å²) in [5.74, 6) is 0.621. The van der Waals surface area contributed by atoms with Crippen LogP contribution in [-0.2, 0) is 16.4 Å². The predicted octanol–water partition coefficient (Wildman–Crippen LogP) is 1.10. The zero-order valence-corrected chi connectivity index (χ0v) is 12.2. The second-order valence-corrected chi connectivity index (χ2v) is 7.25. The lowest BCUT2D eigenvalue weighted by Crippen LogP contribution is -2.32. The summed E-state index contributed by atoms with van der Waals surface area (Å²) in [6.45, 7) is 2.62. The molecule has 1 N–H and O–H groups in total. The fourth-order valence-electron chi connectivity index (χ4n) is 2.41. The molecule has 5 heteroatoms. The van der Waals surface area contributed by atoms with Gasteiger partial charge in [0.2, 0.25) is 10.0 Å². The zero-order chi connectivity index (χ0) is 13.7. The minimum absolute atomic E-state index is 0.166. The van der Waals surface area contributed by atoms with Crippen LogP contribution in [0.2, 0.25) is 0 Å². The van der Waals surface area contributed by atoms with Crippen LogP contribution in [-0.4, -0.2) is 45.8 Å². The van der Waals surface area contributed by atoms with Crippen molar-refractivity contribution in [2.75, 3.05) is 32.4 Å². The molecule has 106 valence electrons. The standard InChI is InChI=1S/C14H22N2O2S/c1-16-9-7-14(12-16)11-15-19(17,18)10-8-13-5-3-2-4-6-13/h2-6,14-15H,7-12H2,1H3. The summed E-state index contributed by atoms with van der Waals surface area (Å²) in [7, 11) is -1.08. The third-order valence-electron chi connectivity index (χ3n) is 3.58. The van der Waals surface area contributed by atoms with Gasteiger partial charge in [-0.15, -0.1) is 0 Å². The Morgan fingerprint density at radius 1 is 1.32 bits per heavy atom. The normalized spacial score (nSPS) is 20.8. The molecule has 19 heavy (non-hydrogen) atoms. The van der Waals surface area contributed by atoms with Crippen LogP contribution in [0.3, 0.4) is 0 Å². The molecule has 1 aromatic carbocycles. The first-order chi connectivity index (χ1) is 9.05. The Kier molecular flexibility index (Phi) is 4.96. The van der Waals surface area contributed by atoms with E-state index in [1.54, 1.807) is 0 Å². The molecule has 1 unspecified atom stereocenters. The Morgan fingerprint density at radius 2 is 2.05 bits per heavy atom. The molecule has 0 spiro atoms. The number of nitrogens with zero attached hydrogens (tertiary/aromatic N) is 1. The van der Waals surface area contributed by atoms with E-state index in [2.05, 4.69) is 16.7 Å². The number of aryl methyl sites for hydroxylation is 1. The second kappa shape index (κ2) is 6.50. The minimum atomic E-state index is -3.15. The van der Waals surface area contributed by atoms with Gasteiger partial charge in [-0.3, -0.25) is 0 Å². The van der Waals surface area contributed by atoms with E-state index in [0.29, 0.717) is 18.9 Å². The van der Waals surface area contributed by atoms with Crippen molar-refractivity contribution < 1.29 is 8.42 Å². The van der Waals surface area contributed by atoms with Crippen LogP contribution in [0.4, 0.5) is 0 Å². The van der Waals surface area contributed by atoms with Gasteiger partial charge in [-0.25, -0.2) is 13.1 Å². The molecule has 1 aliphatic heterocycles. The van der Waals surface area contributed by atoms with Gasteiger partial charge in [0.05, 0.1) is 5.75 Å². The van der Waals surface area contributed by atoms with Gasteiger partial charge in [0.25, 0.3) is 0 Å². The van der Waals surface area contributed by atoms with E-state index in [9.17, 15) is 8.42 Å². The van der Waals surface area contributed by atoms with E-state index in [1.165, 1.54) is 0 Å². The molecule has 1 saturated heterocycles. The molecule has 0 radical (unpaired) electrons. The van der Waals surface area contributed by atoms with Crippen molar-refractivity contribution in [2.24, 2.45) is 5.92 Å². The van der Waals surface area contributed by atoms with Crippen LogP contribution in [0.25, 0.3) is 0 Å². The number of nitrogens with one attached hydrogen (secondary N) is 1. The lowest BCUT2D eigenvalue weighted by molar-refractivity contribution is 0.394. The summed E-state index contributed by atoms with van der Waals surface area (Å²) in [5, 5.41) is 0. The molecular weight excluding hydrogens is 260 g/mol. The van der Waals surface area contributed by atoms with E-state index < -0.39 is 10.0 Å². The van der Waals surface area contributed by atoms with Gasteiger partial charge < -0.3 is 4.90 Å². The average molecular weight is 282 g/mol. The molecule has 1 atom stereocenters. The second-order valence-electron chi connectivity index (χ2n) is 5.32. The molecule has 1 aromatic rings. The number of benzene rings is 1. The van der Waals surface area contributed by atoms with Crippen molar-refractivity contribution in [2.45, 2.75) is 12.8 Å². The third-order valence-corrected chi connectivity index (χ3v) is 4.93. The van der Waals surface area contributed by atoms with E-state index in [0.717, 1.165) is 25.1 Å². The van der Waals surface area contributed by atoms with Crippen LogP contribution in [0.5, 0.6) is 0 Å². The van der Waals surface area contributed by atoms with Crippen molar-refractivity contribution in [3.8, 4) is 0 Å². The molecule has 0 aliphatic carbocycles. The van der Waals surface area contributed by atoms with Crippen molar-refractivity contribution in [1.82, 2.24) is 9.62 Å². The SMILES string of the molecule is CN1CCC(CNS(=O)(=O)CCc2ccccc2)C1. The number of rotatable bonds is 6. The monoisotopic (exact) mass is 282 g/mol. The maximum atomic E-state index is 11.9. The molecule has 0 aromatic heterocycles. The van der Waals surface area contributed by atoms with E-state index in [1.807, 2.05) is 30.3 Å². The van der Waals surface area contributed by atoms with Gasteiger partial charge in [-0.2, -0.15) is 0 Å². The summed E-state index contributed by atoms with van der Waals surface area (Å²) >= 11 is 0. The molecular formula is C14H22N2O2S. The molecule has 0 amide bonds. The summed E-state index contributed by atoms with van der Waals surface area (Å²) in [4.78, 5) is 2.24. The topological polar surface area (TPSA) is 49.4 Å². The van der Waals surface area contributed by atoms with Crippen molar-refractivity contribution in [3.05, 3.63) is 35.9 Å². The Morgan fingerprint density at radius 3 is 2.68 bits per heavy atom. The first-order valence-corrected chi connectivity index (χ1v) is 8.40. The highest BCUT2D eigenvalue weighted by molar-refractivity contribution is 7.89. The highest BCUT2D eigenvalue weighted by Gasteiger charge is 2.21. The number of hydrogen-bond donors (Lipinski definition) is 1. The highest BCUT2D eigenvalue weighted by Crippen LogP contribution is 2.13. The Bertz CT molecular complexity index is 487. The summed E-state index contributed by atoms with van der Waals surface area (Å²) in [5.41, 5.74) is 1.06. The van der Waals surface area contributed by atoms with Crippen LogP contribution in [0.1, 0.15) is 12.0 Å². The van der Waals surface area contributed by atoms with E-state index in [-0.39, 0.29) is 5.75 Å². The molecule has 1 heterocycles. The molecule has 1 fully saturated rings. The summed E-state index contributed by atoms with van der Waals surface area (Å²) < 4.78 is 26.6. The number of hydrogen-bond acceptors (Lipinski definition) is 3. The molecule has 1 aliphatic rings. The average Bonchev–Trinajstić information content (AvgIpc) is 2.82. The van der Waals surface area contributed by atoms with Gasteiger partial charge in [0, 0.05) is 13.1 Å². The largest absolute Gasteiger partial charge is 0.306 e. The lowest BCUT2D eigenvalue weighted by Gasteiger charge is -2.12. The van der Waals surface area contributed by atoms with Crippen molar-refractivity contribution in [3.63, 3.8) is 0 Å². The summed E-state index contributed by atoms with van der Waals surface area (Å²) in [6.07, 6.45) is 1.65. The molecule has 4 nitrogen and oxygen atoms in total. The van der Waals surface area contributed by atoms with Crippen molar-refractivity contribution in [1.29, 1.82) is 0 Å². The Hall–Kier alpha value is -0.910. The first-order valence-electron chi connectivity index (χ1n) is 6.75. The van der Waals surface area contributed by atoms with Crippen LogP contribution >= 0.6 is 0 Å². The lowest BCUT2D eigenvalue weighted by atomic mass is 10.1. The van der Waals surface area contributed by atoms with Gasteiger partial charge in [0.1, 0.15) is 0 Å². The third kappa shape index (κ3) is 4.93. The van der Waals surface area contributed by atoms with Crippen LogP contribution in [0.15, 0.2) is 30.3 Å². The maximum Gasteiger partial charge on any atom is 0.211 e. The quantitative estimate of drug-likeness (QED) is 0.850. The Labute approximate surface area is 115 Å². The highest BCUT2D eigenvalue weighted by atomic mass is 32.2. The minimum Gasteiger partial charge on any atom is -0.306 e.